The van der Waals surface area contributed by atoms with E-state index in [9.17, 15) is 9.59 Å². The summed E-state index contributed by atoms with van der Waals surface area (Å²) in [6, 6.07) is 0. The third-order valence-electron chi connectivity index (χ3n) is 1.99. The molecule has 0 aromatic rings. The zero-order valence-electron chi connectivity index (χ0n) is 8.82. The Morgan fingerprint density at radius 1 is 1.67 bits per heavy atom. The molecule has 0 saturated carbocycles. The van der Waals surface area contributed by atoms with Crippen molar-refractivity contribution in [3.05, 3.63) is 0 Å². The van der Waals surface area contributed by atoms with Gasteiger partial charge in [0, 0.05) is 13.1 Å². The fraction of sp³-hybridized carbons (Fsp3) is 0.778. The molecule has 1 saturated heterocycles. The van der Waals surface area contributed by atoms with E-state index in [1.165, 1.54) is 0 Å². The fourth-order valence-electron chi connectivity index (χ4n) is 1.27. The zero-order chi connectivity index (χ0) is 11.1. The van der Waals surface area contributed by atoms with Gasteiger partial charge in [-0.2, -0.15) is 0 Å². The van der Waals surface area contributed by atoms with E-state index in [1.54, 1.807) is 11.8 Å². The molecular formula is C9H16N2O4. The van der Waals surface area contributed by atoms with Crippen LogP contribution in [0.1, 0.15) is 13.3 Å². The second-order valence-electron chi connectivity index (χ2n) is 3.10. The van der Waals surface area contributed by atoms with Crippen LogP contribution >= 0.6 is 0 Å². The lowest BCUT2D eigenvalue weighted by Gasteiger charge is -2.12. The fourth-order valence-corrected chi connectivity index (χ4v) is 1.27. The molecule has 15 heavy (non-hydrogen) atoms. The van der Waals surface area contributed by atoms with Crippen LogP contribution in [0.2, 0.25) is 0 Å². The van der Waals surface area contributed by atoms with Gasteiger partial charge in [0.1, 0.15) is 6.61 Å². The van der Waals surface area contributed by atoms with Gasteiger partial charge in [-0.15, -0.1) is 0 Å². The number of ether oxygens (including phenoxy) is 2. The molecule has 2 amide bonds. The lowest BCUT2D eigenvalue weighted by atomic mass is 10.4. The van der Waals surface area contributed by atoms with Crippen molar-refractivity contribution in [1.29, 1.82) is 0 Å². The maximum Gasteiger partial charge on any atom is 0.409 e. The van der Waals surface area contributed by atoms with Gasteiger partial charge in [-0.05, 0) is 13.3 Å². The normalized spacial score (nSPS) is 15.0. The highest BCUT2D eigenvalue weighted by atomic mass is 16.6. The number of carbonyl (C=O) groups is 2. The average Bonchev–Trinajstić information content (AvgIpc) is 2.60. The number of rotatable bonds is 5. The van der Waals surface area contributed by atoms with Crippen LogP contribution in [0.5, 0.6) is 0 Å². The Morgan fingerprint density at radius 2 is 2.47 bits per heavy atom. The SMILES string of the molecule is CCOC(=O)NCCCN1CCOC1=O. The first-order valence-electron chi connectivity index (χ1n) is 5.06. The van der Waals surface area contributed by atoms with Crippen LogP contribution in [-0.4, -0.2) is 49.9 Å². The van der Waals surface area contributed by atoms with Crippen LogP contribution in [0, 0.1) is 0 Å². The minimum Gasteiger partial charge on any atom is -0.450 e. The molecule has 86 valence electrons. The van der Waals surface area contributed by atoms with Gasteiger partial charge < -0.3 is 19.7 Å². The van der Waals surface area contributed by atoms with Gasteiger partial charge in [-0.3, -0.25) is 0 Å². The van der Waals surface area contributed by atoms with Gasteiger partial charge >= 0.3 is 12.2 Å². The van der Waals surface area contributed by atoms with Crippen LogP contribution in [0.4, 0.5) is 9.59 Å². The molecule has 0 aromatic heterocycles. The number of carbonyl (C=O) groups excluding carboxylic acids is 2. The topological polar surface area (TPSA) is 67.9 Å². The van der Waals surface area contributed by atoms with Gasteiger partial charge in [-0.25, -0.2) is 9.59 Å². The average molecular weight is 216 g/mol. The summed E-state index contributed by atoms with van der Waals surface area (Å²) in [6.45, 7) is 4.32. The Bertz CT molecular complexity index is 232. The standard InChI is InChI=1S/C9H16N2O4/c1-2-14-8(12)10-4-3-5-11-6-7-15-9(11)13/h2-7H2,1H3,(H,10,12). The number of cyclic esters (lactones) is 1. The first-order valence-corrected chi connectivity index (χ1v) is 5.06. The number of hydrogen-bond acceptors (Lipinski definition) is 4. The zero-order valence-corrected chi connectivity index (χ0v) is 8.82. The van der Waals surface area contributed by atoms with Crippen LogP contribution in [0.3, 0.4) is 0 Å². The molecule has 1 aliphatic rings. The Kier molecular flexibility index (Phi) is 4.73. The van der Waals surface area contributed by atoms with Crippen molar-refractivity contribution in [2.75, 3.05) is 32.8 Å². The predicted molar refractivity (Wildman–Crippen MR) is 52.6 cm³/mol. The third kappa shape index (κ3) is 4.05. The predicted octanol–water partition coefficient (Wildman–Crippen LogP) is 0.575. The van der Waals surface area contributed by atoms with E-state index in [-0.39, 0.29) is 6.09 Å². The summed E-state index contributed by atoms with van der Waals surface area (Å²) < 4.78 is 9.44. The Morgan fingerprint density at radius 3 is 3.07 bits per heavy atom. The molecule has 1 heterocycles. The van der Waals surface area contributed by atoms with Crippen LogP contribution in [-0.2, 0) is 9.47 Å². The first-order chi connectivity index (χ1) is 7.24. The van der Waals surface area contributed by atoms with E-state index >= 15 is 0 Å². The number of amides is 2. The second kappa shape index (κ2) is 6.10. The number of alkyl carbamates (subject to hydrolysis) is 1. The first kappa shape index (κ1) is 11.6. The summed E-state index contributed by atoms with van der Waals surface area (Å²) in [5, 5.41) is 2.58. The monoisotopic (exact) mass is 216 g/mol. The number of nitrogens with zero attached hydrogens (tertiary/aromatic N) is 1. The van der Waals surface area contributed by atoms with Gasteiger partial charge in [0.25, 0.3) is 0 Å². The van der Waals surface area contributed by atoms with E-state index < -0.39 is 6.09 Å². The molecule has 0 unspecified atom stereocenters. The van der Waals surface area contributed by atoms with Crippen molar-refractivity contribution in [2.45, 2.75) is 13.3 Å². The summed E-state index contributed by atoms with van der Waals surface area (Å²) >= 11 is 0. The molecule has 0 bridgehead atoms. The molecular weight excluding hydrogens is 200 g/mol. The molecule has 0 radical (unpaired) electrons. The van der Waals surface area contributed by atoms with E-state index in [2.05, 4.69) is 10.1 Å². The Balaban J connectivity index is 2.01. The largest absolute Gasteiger partial charge is 0.450 e. The van der Waals surface area contributed by atoms with Gasteiger partial charge in [-0.1, -0.05) is 0 Å². The molecule has 0 aromatic carbocycles. The van der Waals surface area contributed by atoms with E-state index in [0.717, 1.165) is 0 Å². The van der Waals surface area contributed by atoms with Crippen LogP contribution in [0.25, 0.3) is 0 Å². The van der Waals surface area contributed by atoms with Crippen molar-refractivity contribution in [3.63, 3.8) is 0 Å². The molecule has 0 atom stereocenters. The van der Waals surface area contributed by atoms with Gasteiger partial charge in [0.05, 0.1) is 13.2 Å². The Labute approximate surface area is 88.5 Å². The molecule has 0 spiro atoms. The summed E-state index contributed by atoms with van der Waals surface area (Å²) in [5.41, 5.74) is 0. The molecule has 1 fully saturated rings. The van der Waals surface area contributed by atoms with Gasteiger partial charge in [0.15, 0.2) is 0 Å². The summed E-state index contributed by atoms with van der Waals surface area (Å²) in [4.78, 5) is 23.5. The van der Waals surface area contributed by atoms with Crippen molar-refractivity contribution >= 4 is 12.2 Å². The summed E-state index contributed by atoms with van der Waals surface area (Å²) in [5.74, 6) is 0. The van der Waals surface area contributed by atoms with Crippen molar-refractivity contribution in [3.8, 4) is 0 Å². The maximum absolute atomic E-state index is 11.0. The number of nitrogens with one attached hydrogen (secondary N) is 1. The second-order valence-corrected chi connectivity index (χ2v) is 3.10. The highest BCUT2D eigenvalue weighted by molar-refractivity contribution is 5.69. The van der Waals surface area contributed by atoms with Crippen LogP contribution in [0.15, 0.2) is 0 Å². The van der Waals surface area contributed by atoms with Crippen molar-refractivity contribution < 1.29 is 19.1 Å². The molecule has 1 rings (SSSR count). The van der Waals surface area contributed by atoms with Crippen molar-refractivity contribution in [2.24, 2.45) is 0 Å². The lowest BCUT2D eigenvalue weighted by molar-refractivity contribution is 0.151. The molecule has 6 nitrogen and oxygen atoms in total. The molecule has 0 aliphatic carbocycles. The van der Waals surface area contributed by atoms with E-state index in [1.807, 2.05) is 0 Å². The summed E-state index contributed by atoms with van der Waals surface area (Å²) in [7, 11) is 0. The minimum absolute atomic E-state index is 0.272. The highest BCUT2D eigenvalue weighted by Crippen LogP contribution is 2.02. The van der Waals surface area contributed by atoms with Crippen LogP contribution < -0.4 is 5.32 Å². The maximum atomic E-state index is 11.0. The minimum atomic E-state index is -0.415. The summed E-state index contributed by atoms with van der Waals surface area (Å²) in [6.07, 6.45) is 0.0149. The van der Waals surface area contributed by atoms with Gasteiger partial charge in [0.2, 0.25) is 0 Å². The van der Waals surface area contributed by atoms with E-state index in [4.69, 9.17) is 4.74 Å². The van der Waals surface area contributed by atoms with E-state index in [0.29, 0.717) is 39.3 Å². The third-order valence-corrected chi connectivity index (χ3v) is 1.99. The molecule has 6 heteroatoms. The Hall–Kier alpha value is -1.46. The lowest BCUT2D eigenvalue weighted by Crippen LogP contribution is -2.30. The van der Waals surface area contributed by atoms with Crippen molar-refractivity contribution in [1.82, 2.24) is 10.2 Å². The molecule has 1 N–H and O–H groups in total. The quantitative estimate of drug-likeness (QED) is 0.682. The number of hydrogen-bond donors (Lipinski definition) is 1. The highest BCUT2D eigenvalue weighted by Gasteiger charge is 2.20. The smallest absolute Gasteiger partial charge is 0.409 e. The molecule has 1 aliphatic heterocycles.